The van der Waals surface area contributed by atoms with Crippen molar-refractivity contribution in [3.05, 3.63) is 30.1 Å². The zero-order valence-electron chi connectivity index (χ0n) is 16.4. The highest BCUT2D eigenvalue weighted by Crippen LogP contribution is 2.12. The van der Waals surface area contributed by atoms with E-state index in [4.69, 9.17) is 4.74 Å². The Labute approximate surface area is 158 Å². The van der Waals surface area contributed by atoms with Crippen LogP contribution in [0.5, 0.6) is 0 Å². The molecule has 1 heterocycles. The Morgan fingerprint density at radius 3 is 2.12 bits per heavy atom. The maximum absolute atomic E-state index is 11.8. The smallest absolute Gasteiger partial charge is 0.313 e. The summed E-state index contributed by atoms with van der Waals surface area (Å²) in [5.74, 6) is -0.459. The van der Waals surface area contributed by atoms with Crippen LogP contribution in [-0.2, 0) is 20.9 Å². The van der Waals surface area contributed by atoms with Crippen molar-refractivity contribution in [1.82, 2.24) is 4.98 Å². The molecule has 0 radical (unpaired) electrons. The molecule has 0 saturated carbocycles. The predicted molar refractivity (Wildman–Crippen MR) is 105 cm³/mol. The first-order chi connectivity index (χ1) is 12.7. The number of Topliss-reactive ketones (excluding diaryl/α,β-unsaturated/α-hetero) is 1. The Hall–Kier alpha value is -1.71. The summed E-state index contributed by atoms with van der Waals surface area (Å²) in [5, 5.41) is 0. The number of nitrogens with zero attached hydrogens (tertiary/aromatic N) is 1. The number of ether oxygens (including phenoxy) is 1. The molecule has 1 aromatic rings. The van der Waals surface area contributed by atoms with E-state index in [-0.39, 0.29) is 18.8 Å². The van der Waals surface area contributed by atoms with E-state index in [1.807, 2.05) is 6.07 Å². The van der Waals surface area contributed by atoms with Gasteiger partial charge in [-0.15, -0.1) is 0 Å². The second-order valence-corrected chi connectivity index (χ2v) is 7.02. The van der Waals surface area contributed by atoms with E-state index in [9.17, 15) is 9.59 Å². The van der Waals surface area contributed by atoms with Gasteiger partial charge in [-0.25, -0.2) is 0 Å². The number of hydrogen-bond acceptors (Lipinski definition) is 4. The van der Waals surface area contributed by atoms with Crippen LogP contribution < -0.4 is 0 Å². The molecule has 0 fully saturated rings. The number of unbranched alkanes of at least 4 members (excludes halogenated alkanes) is 10. The lowest BCUT2D eigenvalue weighted by Crippen LogP contribution is -2.11. The molecule has 0 unspecified atom stereocenters. The minimum absolute atomic E-state index is 0.0166. The highest BCUT2D eigenvalue weighted by atomic mass is 16.5. The molecular weight excluding hydrogens is 326 g/mol. The minimum atomic E-state index is -0.443. The van der Waals surface area contributed by atoms with Gasteiger partial charge in [0.15, 0.2) is 0 Å². The Bertz CT molecular complexity index is 487. The first-order valence-corrected chi connectivity index (χ1v) is 10.3. The summed E-state index contributed by atoms with van der Waals surface area (Å²) in [6, 6.07) is 3.63. The van der Waals surface area contributed by atoms with Crippen LogP contribution in [0.4, 0.5) is 0 Å². The maximum Gasteiger partial charge on any atom is 0.313 e. The number of hydrogen-bond donors (Lipinski definition) is 0. The van der Waals surface area contributed by atoms with Crippen LogP contribution in [-0.4, -0.2) is 16.7 Å². The molecule has 0 saturated heterocycles. The monoisotopic (exact) mass is 361 g/mol. The van der Waals surface area contributed by atoms with Gasteiger partial charge < -0.3 is 4.74 Å². The maximum atomic E-state index is 11.8. The van der Waals surface area contributed by atoms with Crippen molar-refractivity contribution in [1.29, 1.82) is 0 Å². The summed E-state index contributed by atoms with van der Waals surface area (Å²) < 4.78 is 5.11. The average molecular weight is 362 g/mol. The van der Waals surface area contributed by atoms with E-state index >= 15 is 0 Å². The third kappa shape index (κ3) is 12.6. The Morgan fingerprint density at radius 2 is 1.54 bits per heavy atom. The van der Waals surface area contributed by atoms with Gasteiger partial charge in [0.05, 0.1) is 0 Å². The minimum Gasteiger partial charge on any atom is -0.460 e. The summed E-state index contributed by atoms with van der Waals surface area (Å²) in [6.45, 7) is 2.43. The molecule has 0 amide bonds. The summed E-state index contributed by atoms with van der Waals surface area (Å²) in [5.41, 5.74) is 0.832. The van der Waals surface area contributed by atoms with Gasteiger partial charge >= 0.3 is 5.97 Å². The lowest BCUT2D eigenvalue weighted by molar-refractivity contribution is -0.147. The Balaban J connectivity index is 1.91. The molecular formula is C22H35NO3. The molecule has 4 nitrogen and oxygen atoms in total. The van der Waals surface area contributed by atoms with Crippen LogP contribution in [0.2, 0.25) is 0 Å². The van der Waals surface area contributed by atoms with E-state index in [0.29, 0.717) is 6.42 Å². The van der Waals surface area contributed by atoms with Crippen molar-refractivity contribution in [3.8, 4) is 0 Å². The van der Waals surface area contributed by atoms with E-state index < -0.39 is 5.97 Å². The molecule has 26 heavy (non-hydrogen) atoms. The molecule has 146 valence electrons. The molecule has 0 aliphatic carbocycles. The molecule has 0 aliphatic heterocycles. The number of pyridine rings is 1. The lowest BCUT2D eigenvalue weighted by atomic mass is 10.0. The first kappa shape index (κ1) is 22.3. The quantitative estimate of drug-likeness (QED) is 0.212. The fourth-order valence-corrected chi connectivity index (χ4v) is 2.93. The number of rotatable bonds is 16. The third-order valence-electron chi connectivity index (χ3n) is 4.52. The average Bonchev–Trinajstić information content (AvgIpc) is 2.65. The van der Waals surface area contributed by atoms with Crippen LogP contribution in [0, 0.1) is 0 Å². The van der Waals surface area contributed by atoms with E-state index in [1.54, 1.807) is 18.5 Å². The predicted octanol–water partition coefficient (Wildman–Crippen LogP) is 5.79. The van der Waals surface area contributed by atoms with Crippen molar-refractivity contribution in [2.75, 3.05) is 0 Å². The van der Waals surface area contributed by atoms with Gasteiger partial charge in [0.25, 0.3) is 0 Å². The number of ketones is 1. The van der Waals surface area contributed by atoms with E-state index in [2.05, 4.69) is 11.9 Å². The molecule has 1 rings (SSSR count). The highest BCUT2D eigenvalue weighted by molar-refractivity contribution is 5.95. The van der Waals surface area contributed by atoms with Crippen molar-refractivity contribution in [2.24, 2.45) is 0 Å². The molecule has 4 heteroatoms. The largest absolute Gasteiger partial charge is 0.460 e. The molecule has 1 aromatic heterocycles. The second kappa shape index (κ2) is 15.5. The first-order valence-electron chi connectivity index (χ1n) is 10.3. The zero-order chi connectivity index (χ0) is 18.9. The van der Waals surface area contributed by atoms with Crippen LogP contribution in [0.15, 0.2) is 24.5 Å². The van der Waals surface area contributed by atoms with Gasteiger partial charge in [-0.05, 0) is 12.5 Å². The molecule has 0 atom stereocenters. The third-order valence-corrected chi connectivity index (χ3v) is 4.52. The van der Waals surface area contributed by atoms with Crippen molar-refractivity contribution in [2.45, 2.75) is 97.0 Å². The van der Waals surface area contributed by atoms with Crippen LogP contribution in [0.3, 0.4) is 0 Å². The summed E-state index contributed by atoms with van der Waals surface area (Å²) >= 11 is 0. The van der Waals surface area contributed by atoms with Gasteiger partial charge in [-0.2, -0.15) is 0 Å². The lowest BCUT2D eigenvalue weighted by Gasteiger charge is -2.05. The van der Waals surface area contributed by atoms with Gasteiger partial charge in [0.1, 0.15) is 18.8 Å². The number of carbonyl (C=O) groups excluding carboxylic acids is 2. The molecule has 0 aromatic carbocycles. The van der Waals surface area contributed by atoms with Gasteiger partial charge in [0, 0.05) is 24.4 Å². The standard InChI is InChI=1S/C22H35NO3/c1-2-3-4-5-6-7-8-9-10-11-12-15-21(24)17-22(25)26-19-20-14-13-16-23-18-20/h13-14,16,18H,2-12,15,17,19H2,1H3. The van der Waals surface area contributed by atoms with Crippen LogP contribution in [0.25, 0.3) is 0 Å². The normalized spacial score (nSPS) is 10.7. The van der Waals surface area contributed by atoms with Gasteiger partial charge in [-0.3, -0.25) is 14.6 Å². The SMILES string of the molecule is CCCCCCCCCCCCCC(=O)CC(=O)OCc1cccnc1. The highest BCUT2D eigenvalue weighted by Gasteiger charge is 2.10. The fraction of sp³-hybridized carbons (Fsp3) is 0.682. The van der Waals surface area contributed by atoms with Crippen molar-refractivity contribution in [3.63, 3.8) is 0 Å². The van der Waals surface area contributed by atoms with Gasteiger partial charge in [-0.1, -0.05) is 77.2 Å². The van der Waals surface area contributed by atoms with E-state index in [0.717, 1.165) is 18.4 Å². The number of esters is 1. The fourth-order valence-electron chi connectivity index (χ4n) is 2.93. The number of aromatic nitrogens is 1. The second-order valence-electron chi connectivity index (χ2n) is 7.02. The van der Waals surface area contributed by atoms with E-state index in [1.165, 1.54) is 57.8 Å². The number of carbonyl (C=O) groups is 2. The van der Waals surface area contributed by atoms with Crippen molar-refractivity contribution >= 4 is 11.8 Å². The molecule has 0 spiro atoms. The van der Waals surface area contributed by atoms with Crippen LogP contribution in [0.1, 0.15) is 96.0 Å². The molecule has 0 aliphatic rings. The Morgan fingerprint density at radius 1 is 0.923 bits per heavy atom. The topological polar surface area (TPSA) is 56.3 Å². The van der Waals surface area contributed by atoms with Gasteiger partial charge in [0.2, 0.25) is 0 Å². The van der Waals surface area contributed by atoms with Crippen molar-refractivity contribution < 1.29 is 14.3 Å². The molecule has 0 bridgehead atoms. The van der Waals surface area contributed by atoms with Crippen LogP contribution >= 0.6 is 0 Å². The molecule has 0 N–H and O–H groups in total. The summed E-state index contributed by atoms with van der Waals surface area (Å²) in [6.07, 6.45) is 17.5. The zero-order valence-corrected chi connectivity index (χ0v) is 16.4. The summed E-state index contributed by atoms with van der Waals surface area (Å²) in [7, 11) is 0. The summed E-state index contributed by atoms with van der Waals surface area (Å²) in [4.78, 5) is 27.4. The Kier molecular flexibility index (Phi) is 13.3.